The molecule has 148 valence electrons. The minimum absolute atomic E-state index is 0.0399. The fourth-order valence-corrected chi connectivity index (χ4v) is 3.11. The van der Waals surface area contributed by atoms with Gasteiger partial charge in [-0.25, -0.2) is 4.98 Å². The molecule has 4 N–H and O–H groups in total. The number of aliphatic hydroxyl groups excluding tert-OH is 1. The number of hydrogen-bond donors (Lipinski definition) is 4. The van der Waals surface area contributed by atoms with E-state index >= 15 is 0 Å². The third-order valence-corrected chi connectivity index (χ3v) is 4.55. The Morgan fingerprint density at radius 1 is 1.21 bits per heavy atom. The minimum atomic E-state index is -0.481. The highest BCUT2D eigenvalue weighted by Crippen LogP contribution is 2.31. The SMILES string of the molecule is COc1cc(-c2nc3ccc(NC4=CC(=O)N(CCO)C4=O)cc3[nH]2)ccc1O. The van der Waals surface area contributed by atoms with Crippen LogP contribution in [0.5, 0.6) is 11.5 Å². The van der Waals surface area contributed by atoms with Gasteiger partial charge in [0.15, 0.2) is 11.5 Å². The van der Waals surface area contributed by atoms with E-state index in [9.17, 15) is 14.7 Å². The number of phenolic OH excluding ortho intramolecular Hbond substituents is 1. The summed E-state index contributed by atoms with van der Waals surface area (Å²) in [5, 5.41) is 21.7. The summed E-state index contributed by atoms with van der Waals surface area (Å²) < 4.78 is 5.13. The van der Waals surface area contributed by atoms with Crippen molar-refractivity contribution >= 4 is 28.5 Å². The van der Waals surface area contributed by atoms with Gasteiger partial charge in [-0.3, -0.25) is 14.5 Å². The van der Waals surface area contributed by atoms with Crippen LogP contribution in [0.2, 0.25) is 0 Å². The summed E-state index contributed by atoms with van der Waals surface area (Å²) in [6.07, 6.45) is 1.21. The van der Waals surface area contributed by atoms with E-state index in [4.69, 9.17) is 9.84 Å². The van der Waals surface area contributed by atoms with Crippen LogP contribution < -0.4 is 10.1 Å². The number of hydrogen-bond acceptors (Lipinski definition) is 7. The highest BCUT2D eigenvalue weighted by Gasteiger charge is 2.30. The van der Waals surface area contributed by atoms with E-state index in [1.165, 1.54) is 19.3 Å². The molecule has 9 nitrogen and oxygen atoms in total. The van der Waals surface area contributed by atoms with Gasteiger partial charge in [-0.05, 0) is 36.4 Å². The van der Waals surface area contributed by atoms with Gasteiger partial charge in [0, 0.05) is 17.3 Å². The first-order valence-electron chi connectivity index (χ1n) is 8.82. The second-order valence-electron chi connectivity index (χ2n) is 6.41. The number of aromatic nitrogens is 2. The Hall–Kier alpha value is -3.85. The second-order valence-corrected chi connectivity index (χ2v) is 6.41. The molecule has 2 amide bonds. The Balaban J connectivity index is 1.60. The molecule has 29 heavy (non-hydrogen) atoms. The molecular weight excluding hydrogens is 376 g/mol. The van der Waals surface area contributed by atoms with Gasteiger partial charge >= 0.3 is 0 Å². The molecule has 0 spiro atoms. The summed E-state index contributed by atoms with van der Waals surface area (Å²) in [5.74, 6) is 0.0338. The maximum absolute atomic E-state index is 12.3. The number of carbonyl (C=O) groups is 2. The molecule has 0 fully saturated rings. The summed E-state index contributed by atoms with van der Waals surface area (Å²) >= 11 is 0. The summed E-state index contributed by atoms with van der Waals surface area (Å²) in [7, 11) is 1.47. The van der Waals surface area contributed by atoms with E-state index < -0.39 is 11.8 Å². The molecule has 0 bridgehead atoms. The van der Waals surface area contributed by atoms with Gasteiger partial charge in [-0.15, -0.1) is 0 Å². The minimum Gasteiger partial charge on any atom is -0.504 e. The van der Waals surface area contributed by atoms with Crippen LogP contribution in [0.3, 0.4) is 0 Å². The van der Waals surface area contributed by atoms with Crippen LogP contribution in [-0.4, -0.2) is 57.2 Å². The molecule has 3 aromatic rings. The Kier molecular flexibility index (Phi) is 4.65. The normalized spacial score (nSPS) is 13.9. The predicted molar refractivity (Wildman–Crippen MR) is 105 cm³/mol. The molecule has 0 aliphatic carbocycles. The number of nitrogens with one attached hydrogen (secondary N) is 2. The van der Waals surface area contributed by atoms with Gasteiger partial charge in [0.2, 0.25) is 0 Å². The fourth-order valence-electron chi connectivity index (χ4n) is 3.11. The zero-order valence-electron chi connectivity index (χ0n) is 15.5. The molecule has 0 radical (unpaired) electrons. The first-order valence-corrected chi connectivity index (χ1v) is 8.82. The second kappa shape index (κ2) is 7.28. The van der Waals surface area contributed by atoms with Crippen LogP contribution in [0.1, 0.15) is 0 Å². The lowest BCUT2D eigenvalue weighted by molar-refractivity contribution is -0.137. The van der Waals surface area contributed by atoms with Crippen molar-refractivity contribution in [2.24, 2.45) is 0 Å². The Labute approximate surface area is 165 Å². The van der Waals surface area contributed by atoms with Crippen molar-refractivity contribution in [2.75, 3.05) is 25.6 Å². The number of aliphatic hydroxyl groups is 1. The summed E-state index contributed by atoms with van der Waals surface area (Å²) in [5.41, 5.74) is 2.92. The van der Waals surface area contributed by atoms with Crippen molar-refractivity contribution in [1.29, 1.82) is 0 Å². The number of H-pyrrole nitrogens is 1. The first-order chi connectivity index (χ1) is 14.0. The third kappa shape index (κ3) is 3.39. The number of carbonyl (C=O) groups excluding carboxylic acids is 2. The average Bonchev–Trinajstić information content (AvgIpc) is 3.25. The lowest BCUT2D eigenvalue weighted by atomic mass is 10.2. The molecule has 1 aliphatic heterocycles. The maximum Gasteiger partial charge on any atom is 0.277 e. The lowest BCUT2D eigenvalue weighted by Crippen LogP contribution is -2.34. The molecule has 0 atom stereocenters. The van der Waals surface area contributed by atoms with Crippen molar-refractivity contribution in [3.63, 3.8) is 0 Å². The van der Waals surface area contributed by atoms with E-state index in [-0.39, 0.29) is 24.6 Å². The van der Waals surface area contributed by atoms with Crippen LogP contribution in [0, 0.1) is 0 Å². The van der Waals surface area contributed by atoms with Crippen molar-refractivity contribution < 1.29 is 24.5 Å². The number of anilines is 1. The molecule has 1 aromatic heterocycles. The number of imide groups is 1. The summed E-state index contributed by atoms with van der Waals surface area (Å²) in [6, 6.07) is 10.2. The molecular formula is C20H18N4O5. The predicted octanol–water partition coefficient (Wildman–Crippen LogP) is 1.60. The first kappa shape index (κ1) is 18.5. The molecule has 0 saturated heterocycles. The Morgan fingerprint density at radius 2 is 2.03 bits per heavy atom. The van der Waals surface area contributed by atoms with Gasteiger partial charge in [-0.1, -0.05) is 0 Å². The molecule has 1 aliphatic rings. The number of phenols is 1. The smallest absolute Gasteiger partial charge is 0.277 e. The molecule has 9 heteroatoms. The molecule has 0 saturated carbocycles. The number of nitrogens with zero attached hydrogens (tertiary/aromatic N) is 2. The van der Waals surface area contributed by atoms with Crippen LogP contribution >= 0.6 is 0 Å². The summed E-state index contributed by atoms with van der Waals surface area (Å²) in [6.45, 7) is -0.331. The van der Waals surface area contributed by atoms with Crippen molar-refractivity contribution in [2.45, 2.75) is 0 Å². The number of fused-ring (bicyclic) bond motifs is 1. The zero-order valence-corrected chi connectivity index (χ0v) is 15.5. The topological polar surface area (TPSA) is 128 Å². The van der Waals surface area contributed by atoms with Crippen molar-refractivity contribution in [1.82, 2.24) is 14.9 Å². The largest absolute Gasteiger partial charge is 0.504 e. The lowest BCUT2D eigenvalue weighted by Gasteiger charge is -2.13. The number of ether oxygens (including phenoxy) is 1. The van der Waals surface area contributed by atoms with Gasteiger partial charge in [0.25, 0.3) is 11.8 Å². The van der Waals surface area contributed by atoms with E-state index in [2.05, 4.69) is 15.3 Å². The number of β-amino-alcohol motifs (C(OH)–C–C–N with tert-alkyl or cyclic N) is 1. The number of methoxy groups -OCH3 is 1. The van der Waals surface area contributed by atoms with Gasteiger partial charge in [-0.2, -0.15) is 0 Å². The van der Waals surface area contributed by atoms with Crippen LogP contribution in [0.25, 0.3) is 22.4 Å². The van der Waals surface area contributed by atoms with Gasteiger partial charge < -0.3 is 25.3 Å². The highest BCUT2D eigenvalue weighted by atomic mass is 16.5. The Morgan fingerprint density at radius 3 is 2.79 bits per heavy atom. The van der Waals surface area contributed by atoms with Crippen molar-refractivity contribution in [3.8, 4) is 22.9 Å². The number of aromatic amines is 1. The van der Waals surface area contributed by atoms with Crippen LogP contribution in [-0.2, 0) is 9.59 Å². The summed E-state index contributed by atoms with van der Waals surface area (Å²) in [4.78, 5) is 32.8. The monoisotopic (exact) mass is 394 g/mol. The number of aromatic hydroxyl groups is 1. The van der Waals surface area contributed by atoms with Gasteiger partial charge in [0.1, 0.15) is 11.5 Å². The van der Waals surface area contributed by atoms with Gasteiger partial charge in [0.05, 0.1) is 31.3 Å². The molecule has 2 heterocycles. The fraction of sp³-hybridized carbons (Fsp3) is 0.150. The number of amides is 2. The quantitative estimate of drug-likeness (QED) is 0.468. The van der Waals surface area contributed by atoms with E-state index in [1.54, 1.807) is 30.3 Å². The van der Waals surface area contributed by atoms with E-state index in [0.29, 0.717) is 22.8 Å². The number of rotatable bonds is 6. The molecule has 4 rings (SSSR count). The standard InChI is InChI=1S/C20H18N4O5/c1-29-17-8-11(2-5-16(17)26)19-22-13-4-3-12(9-14(13)23-19)21-15-10-18(27)24(6-7-25)20(15)28/h2-5,8-10,21,25-26H,6-7H2,1H3,(H,22,23). The Bertz CT molecular complexity index is 1150. The van der Waals surface area contributed by atoms with Crippen molar-refractivity contribution in [3.05, 3.63) is 48.2 Å². The van der Waals surface area contributed by atoms with E-state index in [0.717, 1.165) is 16.0 Å². The highest BCUT2D eigenvalue weighted by molar-refractivity contribution is 6.17. The third-order valence-electron chi connectivity index (χ3n) is 4.55. The molecule has 0 unspecified atom stereocenters. The van der Waals surface area contributed by atoms with Crippen LogP contribution in [0.4, 0.5) is 5.69 Å². The average molecular weight is 394 g/mol. The zero-order chi connectivity index (χ0) is 20.5. The maximum atomic E-state index is 12.3. The number of benzene rings is 2. The number of imidazole rings is 1. The van der Waals surface area contributed by atoms with E-state index in [1.807, 2.05) is 0 Å². The van der Waals surface area contributed by atoms with Crippen LogP contribution in [0.15, 0.2) is 48.2 Å². The molecule has 2 aromatic carbocycles.